The lowest BCUT2D eigenvalue weighted by Gasteiger charge is -2.13. The maximum Gasteiger partial charge on any atom is 0.307 e. The highest BCUT2D eigenvalue weighted by Crippen LogP contribution is 2.39. The smallest absolute Gasteiger partial charge is 0.307 e. The van der Waals surface area contributed by atoms with E-state index < -0.39 is 18.0 Å². The molecule has 2 rings (SSSR count). The largest absolute Gasteiger partial charge is 0.481 e. The molecule has 0 fully saturated rings. The number of fused-ring (bicyclic) bond motifs is 1. The summed E-state index contributed by atoms with van der Waals surface area (Å²) in [5.74, 6) is -1.46. The van der Waals surface area contributed by atoms with Gasteiger partial charge in [0, 0.05) is 11.5 Å². The Morgan fingerprint density at radius 3 is 2.56 bits per heavy atom. The van der Waals surface area contributed by atoms with Gasteiger partial charge in [-0.05, 0) is 36.1 Å². The molecule has 1 aliphatic carbocycles. The summed E-state index contributed by atoms with van der Waals surface area (Å²) in [5, 5.41) is 18.9. The quantitative estimate of drug-likeness (QED) is 0.836. The van der Waals surface area contributed by atoms with Crippen LogP contribution in [0, 0.1) is 19.8 Å². The molecule has 0 amide bonds. The number of benzene rings is 1. The number of aliphatic hydroxyl groups excluding tert-OH is 1. The first kappa shape index (κ1) is 12.8. The highest BCUT2D eigenvalue weighted by atomic mass is 16.4. The zero-order chi connectivity index (χ0) is 13.6. The predicted molar refractivity (Wildman–Crippen MR) is 65.7 cm³/mol. The zero-order valence-corrected chi connectivity index (χ0v) is 10.7. The minimum Gasteiger partial charge on any atom is -0.481 e. The van der Waals surface area contributed by atoms with Gasteiger partial charge >= 0.3 is 5.97 Å². The lowest BCUT2D eigenvalue weighted by Crippen LogP contribution is -2.10. The van der Waals surface area contributed by atoms with Crippen molar-refractivity contribution in [2.24, 2.45) is 5.92 Å². The Morgan fingerprint density at radius 1 is 1.39 bits per heavy atom. The average molecular weight is 248 g/mol. The third-order valence-corrected chi connectivity index (χ3v) is 3.74. The van der Waals surface area contributed by atoms with Crippen LogP contribution in [-0.4, -0.2) is 22.0 Å². The van der Waals surface area contributed by atoms with E-state index in [0.29, 0.717) is 22.3 Å². The Labute approximate surface area is 105 Å². The number of hydrogen-bond donors (Lipinski definition) is 2. The molecule has 1 aliphatic rings. The highest BCUT2D eigenvalue weighted by molar-refractivity contribution is 6.04. The van der Waals surface area contributed by atoms with Gasteiger partial charge in [0.2, 0.25) is 0 Å². The number of carbonyl (C=O) groups excluding carboxylic acids is 1. The molecule has 4 nitrogen and oxygen atoms in total. The second-order valence-electron chi connectivity index (χ2n) is 4.93. The van der Waals surface area contributed by atoms with Crippen LogP contribution in [0.1, 0.15) is 45.6 Å². The summed E-state index contributed by atoms with van der Waals surface area (Å²) in [6.45, 7) is 5.26. The van der Waals surface area contributed by atoms with E-state index in [0.717, 1.165) is 5.56 Å². The SMILES string of the molecule is Cc1cc2c(c(C)c1CC(=O)O)C(=O)[C@@H](C)[C@H]2O. The summed E-state index contributed by atoms with van der Waals surface area (Å²) in [6, 6.07) is 1.74. The fourth-order valence-corrected chi connectivity index (χ4v) is 2.68. The van der Waals surface area contributed by atoms with Crippen molar-refractivity contribution in [3.63, 3.8) is 0 Å². The predicted octanol–water partition coefficient (Wildman–Crippen LogP) is 1.80. The van der Waals surface area contributed by atoms with E-state index in [1.807, 2.05) is 6.92 Å². The standard InChI is InChI=1S/C14H16O4/c1-6-4-10-12(14(18)8(3)13(10)17)7(2)9(6)5-11(15)16/h4,8,13,17H,5H2,1-3H3,(H,15,16)/t8-,13+/m0/s1. The Morgan fingerprint density at radius 2 is 2.00 bits per heavy atom. The summed E-state index contributed by atoms with van der Waals surface area (Å²) >= 11 is 0. The van der Waals surface area contributed by atoms with E-state index in [4.69, 9.17) is 5.11 Å². The number of aryl methyl sites for hydroxylation is 1. The van der Waals surface area contributed by atoms with Gasteiger partial charge in [-0.3, -0.25) is 9.59 Å². The molecule has 0 saturated heterocycles. The van der Waals surface area contributed by atoms with Crippen molar-refractivity contribution in [2.45, 2.75) is 33.3 Å². The first-order valence-corrected chi connectivity index (χ1v) is 5.91. The summed E-state index contributed by atoms with van der Waals surface area (Å²) < 4.78 is 0. The van der Waals surface area contributed by atoms with Crippen molar-refractivity contribution in [1.29, 1.82) is 0 Å². The van der Waals surface area contributed by atoms with Gasteiger partial charge in [0.05, 0.1) is 12.5 Å². The van der Waals surface area contributed by atoms with Crippen LogP contribution in [0.5, 0.6) is 0 Å². The normalized spacial score (nSPS) is 22.1. The number of hydrogen-bond acceptors (Lipinski definition) is 3. The van der Waals surface area contributed by atoms with Crippen molar-refractivity contribution in [1.82, 2.24) is 0 Å². The summed E-state index contributed by atoms with van der Waals surface area (Å²) in [6.07, 6.45) is -0.869. The number of carbonyl (C=O) groups is 2. The molecule has 0 aliphatic heterocycles. The van der Waals surface area contributed by atoms with E-state index in [9.17, 15) is 14.7 Å². The lowest BCUT2D eigenvalue weighted by molar-refractivity contribution is -0.136. The molecule has 18 heavy (non-hydrogen) atoms. The molecule has 0 aromatic heterocycles. The van der Waals surface area contributed by atoms with Gasteiger partial charge in [0.15, 0.2) is 5.78 Å². The zero-order valence-electron chi connectivity index (χ0n) is 10.7. The molecule has 96 valence electrons. The number of rotatable bonds is 2. The fraction of sp³-hybridized carbons (Fsp3) is 0.429. The van der Waals surface area contributed by atoms with E-state index in [2.05, 4.69) is 0 Å². The molecular weight excluding hydrogens is 232 g/mol. The molecule has 0 spiro atoms. The molecule has 0 unspecified atom stereocenters. The Hall–Kier alpha value is -1.68. The number of ketones is 1. The van der Waals surface area contributed by atoms with Crippen LogP contribution >= 0.6 is 0 Å². The molecule has 2 atom stereocenters. The minimum atomic E-state index is -0.916. The second-order valence-corrected chi connectivity index (χ2v) is 4.93. The van der Waals surface area contributed by atoms with Gasteiger partial charge in [-0.2, -0.15) is 0 Å². The number of carboxylic acids is 1. The topological polar surface area (TPSA) is 74.6 Å². The van der Waals surface area contributed by atoms with Crippen LogP contribution in [0.3, 0.4) is 0 Å². The average Bonchev–Trinajstić information content (AvgIpc) is 2.49. The lowest BCUT2D eigenvalue weighted by atomic mass is 9.92. The van der Waals surface area contributed by atoms with E-state index in [1.54, 1.807) is 19.9 Å². The van der Waals surface area contributed by atoms with Gasteiger partial charge < -0.3 is 10.2 Å². The molecule has 4 heteroatoms. The van der Waals surface area contributed by atoms with Crippen molar-refractivity contribution < 1.29 is 19.8 Å². The van der Waals surface area contributed by atoms with Gasteiger partial charge in [-0.1, -0.05) is 13.0 Å². The number of Topliss-reactive ketones (excluding diaryl/α,β-unsaturated/α-hetero) is 1. The molecular formula is C14H16O4. The van der Waals surface area contributed by atoms with Gasteiger partial charge in [-0.25, -0.2) is 0 Å². The van der Waals surface area contributed by atoms with E-state index in [1.165, 1.54) is 0 Å². The van der Waals surface area contributed by atoms with Crippen molar-refractivity contribution in [3.05, 3.63) is 33.9 Å². The van der Waals surface area contributed by atoms with Crippen LogP contribution in [0.15, 0.2) is 6.07 Å². The Kier molecular flexibility index (Phi) is 2.99. The first-order chi connectivity index (χ1) is 8.34. The molecule has 1 aromatic rings. The van der Waals surface area contributed by atoms with Crippen molar-refractivity contribution >= 4 is 11.8 Å². The van der Waals surface area contributed by atoms with Crippen molar-refractivity contribution in [3.8, 4) is 0 Å². The van der Waals surface area contributed by atoms with Crippen LogP contribution in [0.25, 0.3) is 0 Å². The van der Waals surface area contributed by atoms with Crippen LogP contribution < -0.4 is 0 Å². The number of carboxylic acid groups (broad SMARTS) is 1. The molecule has 2 N–H and O–H groups in total. The molecule has 0 saturated carbocycles. The third-order valence-electron chi connectivity index (χ3n) is 3.74. The third kappa shape index (κ3) is 1.73. The molecule has 0 heterocycles. The van der Waals surface area contributed by atoms with Crippen LogP contribution in [0.2, 0.25) is 0 Å². The van der Waals surface area contributed by atoms with Gasteiger partial charge in [-0.15, -0.1) is 0 Å². The Bertz CT molecular complexity index is 545. The van der Waals surface area contributed by atoms with Crippen molar-refractivity contribution in [2.75, 3.05) is 0 Å². The van der Waals surface area contributed by atoms with Gasteiger partial charge in [0.25, 0.3) is 0 Å². The fourth-order valence-electron chi connectivity index (χ4n) is 2.68. The van der Waals surface area contributed by atoms with E-state index in [-0.39, 0.29) is 12.2 Å². The summed E-state index contributed by atoms with van der Waals surface area (Å²) in [7, 11) is 0. The molecule has 0 radical (unpaired) electrons. The number of aliphatic hydroxyl groups is 1. The van der Waals surface area contributed by atoms with Crippen LogP contribution in [-0.2, 0) is 11.2 Å². The monoisotopic (exact) mass is 248 g/mol. The van der Waals surface area contributed by atoms with E-state index >= 15 is 0 Å². The maximum atomic E-state index is 12.1. The molecule has 1 aromatic carbocycles. The highest BCUT2D eigenvalue weighted by Gasteiger charge is 2.37. The minimum absolute atomic E-state index is 0.0945. The summed E-state index contributed by atoms with van der Waals surface area (Å²) in [5.41, 5.74) is 3.33. The molecule has 0 bridgehead atoms. The Balaban J connectivity index is 2.64. The maximum absolute atomic E-state index is 12.1. The summed E-state index contributed by atoms with van der Waals surface area (Å²) in [4.78, 5) is 22.9. The number of aliphatic carboxylic acids is 1. The van der Waals surface area contributed by atoms with Gasteiger partial charge in [0.1, 0.15) is 0 Å². The second kappa shape index (κ2) is 4.21. The first-order valence-electron chi connectivity index (χ1n) is 5.91. The van der Waals surface area contributed by atoms with Crippen LogP contribution in [0.4, 0.5) is 0 Å².